The minimum atomic E-state index is -0.0536. The number of amides is 1. The Kier molecular flexibility index (Phi) is 4.61. The maximum Gasteiger partial charge on any atom is 0.231 e. The molecule has 5 nitrogen and oxygen atoms in total. The first-order valence-corrected chi connectivity index (χ1v) is 9.32. The quantitative estimate of drug-likeness (QED) is 0.690. The molecule has 0 spiro atoms. The Morgan fingerprint density at radius 2 is 1.81 bits per heavy atom. The number of para-hydroxylation sites is 2. The third-order valence-corrected chi connectivity index (χ3v) is 5.13. The van der Waals surface area contributed by atoms with E-state index in [2.05, 4.69) is 16.0 Å². The lowest BCUT2D eigenvalue weighted by molar-refractivity contribution is -0.115. The first-order chi connectivity index (χ1) is 12.7. The van der Waals surface area contributed by atoms with Crippen LogP contribution in [0.2, 0.25) is 0 Å². The summed E-state index contributed by atoms with van der Waals surface area (Å²) in [4.78, 5) is 17.3. The lowest BCUT2D eigenvalue weighted by Gasteiger charge is -2.25. The van der Waals surface area contributed by atoms with Crippen LogP contribution in [-0.4, -0.2) is 15.5 Å². The van der Waals surface area contributed by atoms with Crippen molar-refractivity contribution in [3.63, 3.8) is 0 Å². The molecule has 0 unspecified atom stereocenters. The van der Waals surface area contributed by atoms with Crippen molar-refractivity contribution in [3.05, 3.63) is 54.1 Å². The van der Waals surface area contributed by atoms with Crippen LogP contribution in [0, 0.1) is 0 Å². The molecule has 0 saturated heterocycles. The van der Waals surface area contributed by atoms with Gasteiger partial charge in [0.15, 0.2) is 0 Å². The molecule has 1 aliphatic carbocycles. The summed E-state index contributed by atoms with van der Waals surface area (Å²) in [7, 11) is 0. The van der Waals surface area contributed by atoms with Gasteiger partial charge in [-0.3, -0.25) is 10.1 Å². The second kappa shape index (κ2) is 7.20. The van der Waals surface area contributed by atoms with Crippen molar-refractivity contribution in [2.45, 2.75) is 44.6 Å². The molecule has 26 heavy (non-hydrogen) atoms. The normalized spacial score (nSPS) is 15.2. The second-order valence-corrected chi connectivity index (χ2v) is 7.05. The zero-order valence-corrected chi connectivity index (χ0v) is 14.8. The number of nitrogens with one attached hydrogen (secondary N) is 1. The van der Waals surface area contributed by atoms with Crippen molar-refractivity contribution < 1.29 is 4.79 Å². The zero-order valence-electron chi connectivity index (χ0n) is 14.8. The molecule has 4 rings (SSSR count). The van der Waals surface area contributed by atoms with Gasteiger partial charge >= 0.3 is 0 Å². The molecule has 1 heterocycles. The van der Waals surface area contributed by atoms with Gasteiger partial charge in [0.05, 0.1) is 17.5 Å². The fourth-order valence-corrected chi connectivity index (χ4v) is 3.83. The third-order valence-electron chi connectivity index (χ3n) is 5.13. The van der Waals surface area contributed by atoms with Gasteiger partial charge in [0.1, 0.15) is 0 Å². The first-order valence-electron chi connectivity index (χ1n) is 9.32. The topological polar surface area (TPSA) is 72.9 Å². The van der Waals surface area contributed by atoms with E-state index in [1.54, 1.807) is 0 Å². The molecule has 1 saturated carbocycles. The van der Waals surface area contributed by atoms with E-state index in [9.17, 15) is 4.79 Å². The highest BCUT2D eigenvalue weighted by Crippen LogP contribution is 2.34. The van der Waals surface area contributed by atoms with Gasteiger partial charge < -0.3 is 10.3 Å². The maximum atomic E-state index is 12.6. The van der Waals surface area contributed by atoms with Gasteiger partial charge in [-0.25, -0.2) is 4.98 Å². The number of carbonyl (C=O) groups is 1. The number of anilines is 2. The highest BCUT2D eigenvalue weighted by atomic mass is 16.1. The molecule has 3 aromatic rings. The Balaban J connectivity index is 1.60. The summed E-state index contributed by atoms with van der Waals surface area (Å²) in [6, 6.07) is 15.9. The number of aromatic nitrogens is 2. The summed E-state index contributed by atoms with van der Waals surface area (Å²) in [6.45, 7) is 0. The fourth-order valence-electron chi connectivity index (χ4n) is 3.83. The summed E-state index contributed by atoms with van der Waals surface area (Å²) < 4.78 is 2.23. The van der Waals surface area contributed by atoms with Crippen molar-refractivity contribution in [2.75, 3.05) is 11.1 Å². The van der Waals surface area contributed by atoms with Crippen molar-refractivity contribution in [2.24, 2.45) is 0 Å². The molecule has 1 fully saturated rings. The number of imidazole rings is 1. The molecule has 0 atom stereocenters. The summed E-state index contributed by atoms with van der Waals surface area (Å²) in [5.41, 5.74) is 9.39. The van der Waals surface area contributed by atoms with E-state index in [4.69, 9.17) is 10.7 Å². The molecular formula is C21H24N4O. The lowest BCUT2D eigenvalue weighted by Crippen LogP contribution is -2.21. The molecular weight excluding hydrogens is 324 g/mol. The van der Waals surface area contributed by atoms with Crippen LogP contribution in [0.15, 0.2) is 48.5 Å². The number of rotatable bonds is 4. The number of carbonyl (C=O) groups excluding carboxylic acids is 1. The third kappa shape index (κ3) is 3.43. The predicted molar refractivity (Wildman–Crippen MR) is 105 cm³/mol. The van der Waals surface area contributed by atoms with Crippen LogP contribution in [-0.2, 0) is 11.2 Å². The van der Waals surface area contributed by atoms with Crippen LogP contribution < -0.4 is 11.1 Å². The predicted octanol–water partition coefficient (Wildman–Crippen LogP) is 4.30. The Morgan fingerprint density at radius 3 is 2.58 bits per heavy atom. The summed E-state index contributed by atoms with van der Waals surface area (Å²) in [5, 5.41) is 3.04. The molecule has 2 aromatic carbocycles. The van der Waals surface area contributed by atoms with E-state index in [1.807, 2.05) is 42.5 Å². The zero-order chi connectivity index (χ0) is 17.9. The minimum Gasteiger partial charge on any atom is -0.399 e. The largest absolute Gasteiger partial charge is 0.399 e. The van der Waals surface area contributed by atoms with Crippen LogP contribution in [0.25, 0.3) is 11.0 Å². The smallest absolute Gasteiger partial charge is 0.231 e. The number of nitrogens with two attached hydrogens (primary N) is 1. The highest BCUT2D eigenvalue weighted by molar-refractivity contribution is 5.93. The Bertz CT molecular complexity index is 907. The van der Waals surface area contributed by atoms with E-state index >= 15 is 0 Å². The van der Waals surface area contributed by atoms with Gasteiger partial charge in [-0.2, -0.15) is 0 Å². The van der Waals surface area contributed by atoms with Gasteiger partial charge in [-0.05, 0) is 42.7 Å². The van der Waals surface area contributed by atoms with Crippen molar-refractivity contribution >= 4 is 28.6 Å². The molecule has 1 amide bonds. The number of benzene rings is 2. The van der Waals surface area contributed by atoms with Crippen molar-refractivity contribution in [3.8, 4) is 0 Å². The molecule has 3 N–H and O–H groups in total. The van der Waals surface area contributed by atoms with E-state index in [0.717, 1.165) is 29.4 Å². The Hall–Kier alpha value is -2.82. The number of hydrogen-bond donors (Lipinski definition) is 2. The maximum absolute atomic E-state index is 12.6. The second-order valence-electron chi connectivity index (χ2n) is 7.05. The highest BCUT2D eigenvalue weighted by Gasteiger charge is 2.22. The fraction of sp³-hybridized carbons (Fsp3) is 0.333. The van der Waals surface area contributed by atoms with Crippen LogP contribution >= 0.6 is 0 Å². The summed E-state index contributed by atoms with van der Waals surface area (Å²) in [6.07, 6.45) is 6.35. The molecule has 1 aliphatic rings. The van der Waals surface area contributed by atoms with Crippen LogP contribution in [0.1, 0.15) is 43.7 Å². The van der Waals surface area contributed by atoms with Crippen molar-refractivity contribution in [1.29, 1.82) is 0 Å². The summed E-state index contributed by atoms with van der Waals surface area (Å²) >= 11 is 0. The lowest BCUT2D eigenvalue weighted by atomic mass is 9.95. The first kappa shape index (κ1) is 16.6. The van der Waals surface area contributed by atoms with E-state index < -0.39 is 0 Å². The van der Waals surface area contributed by atoms with Crippen LogP contribution in [0.4, 0.5) is 11.6 Å². The Labute approximate surface area is 153 Å². The van der Waals surface area contributed by atoms with E-state index in [1.165, 1.54) is 19.3 Å². The Morgan fingerprint density at radius 1 is 1.08 bits per heavy atom. The van der Waals surface area contributed by atoms with E-state index in [0.29, 0.717) is 24.1 Å². The number of nitrogen functional groups attached to an aromatic ring is 1. The van der Waals surface area contributed by atoms with Crippen LogP contribution in [0.5, 0.6) is 0 Å². The minimum absolute atomic E-state index is 0.0536. The van der Waals surface area contributed by atoms with Gasteiger partial charge in [-0.15, -0.1) is 0 Å². The van der Waals surface area contributed by atoms with Gasteiger partial charge in [0.25, 0.3) is 0 Å². The number of nitrogens with zero attached hydrogens (tertiary/aromatic N) is 2. The summed E-state index contributed by atoms with van der Waals surface area (Å²) in [5.74, 6) is 0.612. The van der Waals surface area contributed by atoms with Crippen molar-refractivity contribution in [1.82, 2.24) is 9.55 Å². The molecule has 5 heteroatoms. The molecule has 0 radical (unpaired) electrons. The number of fused-ring (bicyclic) bond motifs is 1. The molecule has 134 valence electrons. The van der Waals surface area contributed by atoms with Gasteiger partial charge in [0.2, 0.25) is 11.9 Å². The average molecular weight is 348 g/mol. The average Bonchev–Trinajstić information content (AvgIpc) is 3.02. The monoisotopic (exact) mass is 348 g/mol. The SMILES string of the molecule is Nc1ccc(CC(=O)Nc2nc3ccccc3n2C2CCCCC2)cc1. The molecule has 1 aromatic heterocycles. The number of hydrogen-bond acceptors (Lipinski definition) is 3. The van der Waals surface area contributed by atoms with Gasteiger partial charge in [-0.1, -0.05) is 43.5 Å². The van der Waals surface area contributed by atoms with E-state index in [-0.39, 0.29) is 5.91 Å². The molecule has 0 aliphatic heterocycles. The standard InChI is InChI=1S/C21H24N4O/c22-16-12-10-15(11-13-16)14-20(26)24-21-23-18-8-4-5-9-19(18)25(21)17-6-2-1-3-7-17/h4-5,8-13,17H,1-3,6-7,14,22H2,(H,23,24,26). The molecule has 0 bridgehead atoms. The van der Waals surface area contributed by atoms with Gasteiger partial charge in [0, 0.05) is 11.7 Å². The van der Waals surface area contributed by atoms with Crippen LogP contribution in [0.3, 0.4) is 0 Å².